The fraction of sp³-hybridized carbons (Fsp3) is 0.294. The first-order chi connectivity index (χ1) is 9.29. The van der Waals surface area contributed by atoms with E-state index in [0.29, 0.717) is 0 Å². The van der Waals surface area contributed by atoms with Crippen molar-refractivity contribution in [2.45, 2.75) is 32.6 Å². The van der Waals surface area contributed by atoms with Gasteiger partial charge < -0.3 is 5.73 Å². The van der Waals surface area contributed by atoms with Crippen LogP contribution in [0.25, 0.3) is 0 Å². The molecule has 0 fully saturated rings. The van der Waals surface area contributed by atoms with E-state index in [1.807, 2.05) is 12.1 Å². The van der Waals surface area contributed by atoms with Crippen molar-refractivity contribution in [1.82, 2.24) is 4.90 Å². The quantitative estimate of drug-likeness (QED) is 0.801. The minimum atomic E-state index is 0.0976. The average Bonchev–Trinajstić information content (AvgIpc) is 2.48. The van der Waals surface area contributed by atoms with Crippen molar-refractivity contribution in [2.75, 3.05) is 0 Å². The lowest BCUT2D eigenvalue weighted by atomic mass is 10.1. The minimum absolute atomic E-state index is 0.0976. The van der Waals surface area contributed by atoms with E-state index >= 15 is 0 Å². The molecule has 0 aliphatic heterocycles. The number of hydrogen-bond acceptors (Lipinski definition) is 2. The van der Waals surface area contributed by atoms with E-state index < -0.39 is 0 Å². The second kappa shape index (κ2) is 7.07. The maximum absolute atomic E-state index is 6.24. The Hall–Kier alpha value is -1.64. The highest BCUT2D eigenvalue weighted by Gasteiger charge is 2.13. The lowest BCUT2D eigenvalue weighted by molar-refractivity contribution is 0.177. The molecule has 1 atom stereocenters. The maximum atomic E-state index is 6.24. The molecule has 2 nitrogen and oxygen atoms in total. The molecule has 0 saturated heterocycles. The molecule has 0 aromatic heterocycles. The van der Waals surface area contributed by atoms with Gasteiger partial charge in [-0.15, -0.1) is 0 Å². The maximum Gasteiger partial charge on any atom is 0.0575 e. The van der Waals surface area contributed by atoms with Gasteiger partial charge in [0.1, 0.15) is 0 Å². The molecule has 0 spiro atoms. The van der Waals surface area contributed by atoms with E-state index in [4.69, 9.17) is 5.73 Å². The molecule has 0 amide bonds. The summed E-state index contributed by atoms with van der Waals surface area (Å²) in [6, 6.07) is 21.0. The zero-order chi connectivity index (χ0) is 13.5. The van der Waals surface area contributed by atoms with Crippen LogP contribution in [0, 0.1) is 0 Å². The highest BCUT2D eigenvalue weighted by molar-refractivity contribution is 5.17. The molecule has 0 radical (unpaired) electrons. The molecule has 2 aromatic rings. The SMILES string of the molecule is CCC(N)N(Cc1ccccc1)Cc1ccccc1. The van der Waals surface area contributed by atoms with Gasteiger partial charge in [-0.2, -0.15) is 0 Å². The van der Waals surface area contributed by atoms with E-state index in [-0.39, 0.29) is 6.17 Å². The summed E-state index contributed by atoms with van der Waals surface area (Å²) in [5, 5.41) is 0. The molecule has 100 valence electrons. The van der Waals surface area contributed by atoms with E-state index in [2.05, 4.69) is 60.4 Å². The first kappa shape index (κ1) is 13.8. The number of rotatable bonds is 6. The molecule has 0 heterocycles. The lowest BCUT2D eigenvalue weighted by Gasteiger charge is -2.28. The Morgan fingerprint density at radius 3 is 1.63 bits per heavy atom. The van der Waals surface area contributed by atoms with Gasteiger partial charge in [-0.1, -0.05) is 67.6 Å². The van der Waals surface area contributed by atoms with Crippen LogP contribution in [0.4, 0.5) is 0 Å². The van der Waals surface area contributed by atoms with Crippen LogP contribution in [0.2, 0.25) is 0 Å². The van der Waals surface area contributed by atoms with Crippen LogP contribution in [0.15, 0.2) is 60.7 Å². The predicted molar refractivity (Wildman–Crippen MR) is 80.4 cm³/mol. The van der Waals surface area contributed by atoms with Crippen molar-refractivity contribution >= 4 is 0 Å². The molecule has 19 heavy (non-hydrogen) atoms. The van der Waals surface area contributed by atoms with E-state index in [0.717, 1.165) is 19.5 Å². The zero-order valence-electron chi connectivity index (χ0n) is 11.5. The number of nitrogens with two attached hydrogens (primary N) is 1. The summed E-state index contributed by atoms with van der Waals surface area (Å²) >= 11 is 0. The molecule has 1 unspecified atom stereocenters. The van der Waals surface area contributed by atoms with E-state index in [9.17, 15) is 0 Å². The Balaban J connectivity index is 2.08. The van der Waals surface area contributed by atoms with Crippen molar-refractivity contribution in [2.24, 2.45) is 5.73 Å². The number of hydrogen-bond donors (Lipinski definition) is 1. The van der Waals surface area contributed by atoms with Gasteiger partial charge in [-0.25, -0.2) is 0 Å². The summed E-state index contributed by atoms with van der Waals surface area (Å²) in [6.45, 7) is 3.92. The zero-order valence-corrected chi connectivity index (χ0v) is 11.5. The monoisotopic (exact) mass is 254 g/mol. The van der Waals surface area contributed by atoms with Gasteiger partial charge in [0.15, 0.2) is 0 Å². The topological polar surface area (TPSA) is 29.3 Å². The van der Waals surface area contributed by atoms with Gasteiger partial charge >= 0.3 is 0 Å². The van der Waals surface area contributed by atoms with Gasteiger partial charge in [0.2, 0.25) is 0 Å². The van der Waals surface area contributed by atoms with Gasteiger partial charge in [-0.3, -0.25) is 4.90 Å². The van der Waals surface area contributed by atoms with Crippen molar-refractivity contribution in [1.29, 1.82) is 0 Å². The third kappa shape index (κ3) is 4.19. The molecular formula is C17H22N2. The molecule has 0 saturated carbocycles. The smallest absolute Gasteiger partial charge is 0.0575 e. The minimum Gasteiger partial charge on any atom is -0.316 e. The normalized spacial score (nSPS) is 12.6. The predicted octanol–water partition coefficient (Wildman–Crippen LogP) is 3.38. The van der Waals surface area contributed by atoms with Crippen molar-refractivity contribution in [3.63, 3.8) is 0 Å². The summed E-state index contributed by atoms with van der Waals surface area (Å²) in [6.07, 6.45) is 1.06. The number of benzene rings is 2. The summed E-state index contributed by atoms with van der Waals surface area (Å²) in [4.78, 5) is 2.32. The molecule has 0 bridgehead atoms. The third-order valence-electron chi connectivity index (χ3n) is 3.34. The van der Waals surface area contributed by atoms with Gasteiger partial charge in [0, 0.05) is 13.1 Å². The highest BCUT2D eigenvalue weighted by atomic mass is 15.2. The van der Waals surface area contributed by atoms with Gasteiger partial charge in [0.25, 0.3) is 0 Å². The van der Waals surface area contributed by atoms with Crippen molar-refractivity contribution < 1.29 is 0 Å². The van der Waals surface area contributed by atoms with Crippen LogP contribution < -0.4 is 5.73 Å². The molecule has 0 aliphatic rings. The van der Waals surface area contributed by atoms with Crippen LogP contribution in [-0.4, -0.2) is 11.1 Å². The standard InChI is InChI=1S/C17H22N2/c1-2-17(18)19(13-15-9-5-3-6-10-15)14-16-11-7-4-8-12-16/h3-12,17H,2,13-14,18H2,1H3. The molecular weight excluding hydrogens is 232 g/mol. The number of nitrogens with zero attached hydrogens (tertiary/aromatic N) is 1. The Kier molecular flexibility index (Phi) is 5.13. The molecule has 2 N–H and O–H groups in total. The van der Waals surface area contributed by atoms with Crippen LogP contribution in [0.1, 0.15) is 24.5 Å². The van der Waals surface area contributed by atoms with Crippen LogP contribution >= 0.6 is 0 Å². The lowest BCUT2D eigenvalue weighted by Crippen LogP contribution is -2.40. The second-order valence-corrected chi connectivity index (χ2v) is 4.85. The fourth-order valence-corrected chi connectivity index (χ4v) is 2.18. The molecule has 2 aromatic carbocycles. The average molecular weight is 254 g/mol. The van der Waals surface area contributed by atoms with Crippen molar-refractivity contribution in [3.05, 3.63) is 71.8 Å². The Morgan fingerprint density at radius 1 is 0.842 bits per heavy atom. The Morgan fingerprint density at radius 2 is 1.26 bits per heavy atom. The molecule has 2 rings (SSSR count). The Labute approximate surface area is 115 Å². The highest BCUT2D eigenvalue weighted by Crippen LogP contribution is 2.12. The van der Waals surface area contributed by atoms with Crippen molar-refractivity contribution in [3.8, 4) is 0 Å². The van der Waals surface area contributed by atoms with Gasteiger partial charge in [-0.05, 0) is 17.5 Å². The Bertz CT molecular complexity index is 426. The third-order valence-corrected chi connectivity index (χ3v) is 3.34. The van der Waals surface area contributed by atoms with Crippen LogP contribution in [0.3, 0.4) is 0 Å². The molecule has 0 aliphatic carbocycles. The summed E-state index contributed by atoms with van der Waals surface area (Å²) in [7, 11) is 0. The van der Waals surface area contributed by atoms with E-state index in [1.165, 1.54) is 11.1 Å². The second-order valence-electron chi connectivity index (χ2n) is 4.85. The first-order valence-electron chi connectivity index (χ1n) is 6.87. The van der Waals surface area contributed by atoms with Crippen LogP contribution in [0.5, 0.6) is 0 Å². The van der Waals surface area contributed by atoms with E-state index in [1.54, 1.807) is 0 Å². The van der Waals surface area contributed by atoms with Crippen LogP contribution in [-0.2, 0) is 13.1 Å². The summed E-state index contributed by atoms with van der Waals surface area (Å²) < 4.78 is 0. The largest absolute Gasteiger partial charge is 0.316 e. The first-order valence-corrected chi connectivity index (χ1v) is 6.87. The summed E-state index contributed by atoms with van der Waals surface area (Å²) in [5.74, 6) is 0. The van der Waals surface area contributed by atoms with Gasteiger partial charge in [0.05, 0.1) is 6.17 Å². The summed E-state index contributed by atoms with van der Waals surface area (Å²) in [5.41, 5.74) is 8.85. The molecule has 2 heteroatoms. The fourth-order valence-electron chi connectivity index (χ4n) is 2.18.